The van der Waals surface area contributed by atoms with E-state index in [2.05, 4.69) is 15.0 Å². The molecule has 2 aromatic rings. The maximum Gasteiger partial charge on any atom is 0.160 e. The van der Waals surface area contributed by atoms with Gasteiger partial charge < -0.3 is 4.98 Å². The molecular weight excluding hydrogens is 197 g/mol. The summed E-state index contributed by atoms with van der Waals surface area (Å²) in [5.74, 6) is 0.779. The SMILES string of the molecule is Cc1nc2c(Cl)cc(Cl)nc2[nH]1. The molecule has 2 rings (SSSR count). The van der Waals surface area contributed by atoms with Crippen molar-refractivity contribution in [3.05, 3.63) is 22.1 Å². The van der Waals surface area contributed by atoms with E-state index in [-0.39, 0.29) is 0 Å². The van der Waals surface area contributed by atoms with Gasteiger partial charge in [0.25, 0.3) is 0 Å². The van der Waals surface area contributed by atoms with E-state index < -0.39 is 0 Å². The lowest BCUT2D eigenvalue weighted by Crippen LogP contribution is -1.78. The Morgan fingerprint density at radius 3 is 2.83 bits per heavy atom. The van der Waals surface area contributed by atoms with Gasteiger partial charge >= 0.3 is 0 Å². The Morgan fingerprint density at radius 1 is 1.33 bits per heavy atom. The summed E-state index contributed by atoms with van der Waals surface area (Å²) < 4.78 is 0. The molecule has 5 heteroatoms. The van der Waals surface area contributed by atoms with Crippen molar-refractivity contribution in [3.63, 3.8) is 0 Å². The third-order valence-electron chi connectivity index (χ3n) is 1.49. The Labute approximate surface area is 78.7 Å². The van der Waals surface area contributed by atoms with Crippen molar-refractivity contribution in [2.45, 2.75) is 6.92 Å². The number of fused-ring (bicyclic) bond motifs is 1. The van der Waals surface area contributed by atoms with Gasteiger partial charge in [-0.25, -0.2) is 9.97 Å². The van der Waals surface area contributed by atoms with Gasteiger partial charge in [-0.15, -0.1) is 0 Å². The number of hydrogen-bond acceptors (Lipinski definition) is 2. The summed E-state index contributed by atoms with van der Waals surface area (Å²) >= 11 is 11.6. The summed E-state index contributed by atoms with van der Waals surface area (Å²) in [6.07, 6.45) is 0. The second-order valence-corrected chi connectivity index (χ2v) is 3.24. The van der Waals surface area contributed by atoms with Crippen LogP contribution in [0.5, 0.6) is 0 Å². The van der Waals surface area contributed by atoms with Crippen molar-refractivity contribution in [2.24, 2.45) is 0 Å². The van der Waals surface area contributed by atoms with Crippen LogP contribution in [0, 0.1) is 6.92 Å². The Bertz CT molecular complexity index is 435. The summed E-state index contributed by atoms with van der Waals surface area (Å²) in [5, 5.41) is 0.894. The van der Waals surface area contributed by atoms with E-state index in [4.69, 9.17) is 23.2 Å². The smallest absolute Gasteiger partial charge is 0.160 e. The molecule has 0 aliphatic heterocycles. The predicted octanol–water partition coefficient (Wildman–Crippen LogP) is 2.57. The zero-order chi connectivity index (χ0) is 8.72. The first-order valence-electron chi connectivity index (χ1n) is 3.35. The average molecular weight is 202 g/mol. The number of pyridine rings is 1. The topological polar surface area (TPSA) is 41.6 Å². The molecule has 12 heavy (non-hydrogen) atoms. The van der Waals surface area contributed by atoms with E-state index in [1.807, 2.05) is 6.92 Å². The van der Waals surface area contributed by atoms with E-state index in [0.717, 1.165) is 5.82 Å². The van der Waals surface area contributed by atoms with Crippen LogP contribution in [0.15, 0.2) is 6.07 Å². The second-order valence-electron chi connectivity index (χ2n) is 2.45. The molecule has 0 radical (unpaired) electrons. The molecule has 0 aliphatic rings. The molecule has 0 aromatic carbocycles. The van der Waals surface area contributed by atoms with Crippen molar-refractivity contribution < 1.29 is 0 Å². The summed E-state index contributed by atoms with van der Waals surface area (Å²) in [5.41, 5.74) is 1.29. The largest absolute Gasteiger partial charge is 0.327 e. The molecule has 2 aromatic heterocycles. The van der Waals surface area contributed by atoms with Crippen LogP contribution in [0.3, 0.4) is 0 Å². The minimum Gasteiger partial charge on any atom is -0.327 e. The van der Waals surface area contributed by atoms with Gasteiger partial charge in [-0.1, -0.05) is 23.2 Å². The fourth-order valence-electron chi connectivity index (χ4n) is 1.04. The number of hydrogen-bond donors (Lipinski definition) is 1. The van der Waals surface area contributed by atoms with Crippen LogP contribution in [0.2, 0.25) is 10.2 Å². The first-order valence-corrected chi connectivity index (χ1v) is 4.11. The minimum atomic E-state index is 0.371. The first kappa shape index (κ1) is 7.83. The van der Waals surface area contributed by atoms with Crippen molar-refractivity contribution in [3.8, 4) is 0 Å². The molecule has 0 atom stereocenters. The number of nitrogens with one attached hydrogen (secondary N) is 1. The van der Waals surface area contributed by atoms with Gasteiger partial charge in [-0.05, 0) is 13.0 Å². The van der Waals surface area contributed by atoms with E-state index in [9.17, 15) is 0 Å². The number of aromatic amines is 1. The number of rotatable bonds is 0. The Balaban J connectivity index is 2.88. The summed E-state index contributed by atoms with van der Waals surface area (Å²) in [4.78, 5) is 11.1. The van der Waals surface area contributed by atoms with Crippen molar-refractivity contribution in [1.29, 1.82) is 0 Å². The lowest BCUT2D eigenvalue weighted by molar-refractivity contribution is 1.16. The highest BCUT2D eigenvalue weighted by molar-refractivity contribution is 6.37. The normalized spacial score (nSPS) is 10.9. The first-order chi connectivity index (χ1) is 5.66. The molecule has 62 valence electrons. The molecular formula is C7H5Cl2N3. The standard InChI is InChI=1S/C7H5Cl2N3/c1-3-10-6-4(8)2-5(9)12-7(6)11-3/h2H,1H3,(H,10,11,12). The van der Waals surface area contributed by atoms with Crippen molar-refractivity contribution in [2.75, 3.05) is 0 Å². The number of nitrogens with zero attached hydrogens (tertiary/aromatic N) is 2. The van der Waals surface area contributed by atoms with Gasteiger partial charge in [0.1, 0.15) is 16.5 Å². The maximum absolute atomic E-state index is 5.87. The lowest BCUT2D eigenvalue weighted by Gasteiger charge is -1.91. The average Bonchev–Trinajstić information content (AvgIpc) is 2.29. The molecule has 3 nitrogen and oxygen atoms in total. The van der Waals surface area contributed by atoms with Crippen LogP contribution in [-0.4, -0.2) is 15.0 Å². The van der Waals surface area contributed by atoms with Gasteiger partial charge in [0.15, 0.2) is 5.65 Å². The van der Waals surface area contributed by atoms with Crippen molar-refractivity contribution in [1.82, 2.24) is 15.0 Å². The highest BCUT2D eigenvalue weighted by Gasteiger charge is 2.06. The van der Waals surface area contributed by atoms with E-state index in [1.54, 1.807) is 6.07 Å². The van der Waals surface area contributed by atoms with E-state index in [1.165, 1.54) is 0 Å². The Kier molecular flexibility index (Phi) is 1.70. The molecule has 1 N–H and O–H groups in total. The number of aromatic nitrogens is 3. The molecule has 2 heterocycles. The summed E-state index contributed by atoms with van der Waals surface area (Å²) in [6.45, 7) is 1.84. The van der Waals surface area contributed by atoms with E-state index in [0.29, 0.717) is 21.3 Å². The fraction of sp³-hybridized carbons (Fsp3) is 0.143. The van der Waals surface area contributed by atoms with Crippen LogP contribution < -0.4 is 0 Å². The zero-order valence-electron chi connectivity index (χ0n) is 6.23. The highest BCUT2D eigenvalue weighted by Crippen LogP contribution is 2.22. The summed E-state index contributed by atoms with van der Waals surface area (Å²) in [6, 6.07) is 1.58. The second kappa shape index (κ2) is 2.61. The van der Waals surface area contributed by atoms with Crippen LogP contribution in [0.1, 0.15) is 5.82 Å². The number of aryl methyl sites for hydroxylation is 1. The third kappa shape index (κ3) is 1.15. The van der Waals surface area contributed by atoms with Gasteiger partial charge in [0.2, 0.25) is 0 Å². The van der Waals surface area contributed by atoms with Gasteiger partial charge in [0, 0.05) is 0 Å². The van der Waals surface area contributed by atoms with Crippen LogP contribution >= 0.6 is 23.2 Å². The number of H-pyrrole nitrogens is 1. The molecule has 0 aliphatic carbocycles. The molecule has 0 fully saturated rings. The Hall–Kier alpha value is -0.800. The number of imidazole rings is 1. The molecule has 0 saturated heterocycles. The fourth-order valence-corrected chi connectivity index (χ4v) is 1.52. The predicted molar refractivity (Wildman–Crippen MR) is 48.6 cm³/mol. The van der Waals surface area contributed by atoms with Gasteiger partial charge in [0.05, 0.1) is 5.02 Å². The quantitative estimate of drug-likeness (QED) is 0.667. The number of halogens is 2. The molecule has 0 spiro atoms. The van der Waals surface area contributed by atoms with Crippen LogP contribution in [-0.2, 0) is 0 Å². The van der Waals surface area contributed by atoms with E-state index >= 15 is 0 Å². The minimum absolute atomic E-state index is 0.371. The third-order valence-corrected chi connectivity index (χ3v) is 1.98. The van der Waals surface area contributed by atoms with Gasteiger partial charge in [-0.2, -0.15) is 0 Å². The highest BCUT2D eigenvalue weighted by atomic mass is 35.5. The van der Waals surface area contributed by atoms with Crippen LogP contribution in [0.25, 0.3) is 11.2 Å². The Morgan fingerprint density at radius 2 is 2.08 bits per heavy atom. The zero-order valence-corrected chi connectivity index (χ0v) is 7.74. The maximum atomic E-state index is 5.87. The summed E-state index contributed by atoms with van der Waals surface area (Å²) in [7, 11) is 0. The lowest BCUT2D eigenvalue weighted by atomic mass is 10.4. The molecule has 0 amide bonds. The van der Waals surface area contributed by atoms with Gasteiger partial charge in [-0.3, -0.25) is 0 Å². The molecule has 0 bridgehead atoms. The van der Waals surface area contributed by atoms with Crippen molar-refractivity contribution >= 4 is 34.4 Å². The molecule has 0 unspecified atom stereocenters. The molecule has 0 saturated carbocycles. The monoisotopic (exact) mass is 201 g/mol. The van der Waals surface area contributed by atoms with Crippen LogP contribution in [0.4, 0.5) is 0 Å².